The Morgan fingerprint density at radius 2 is 1.35 bits per heavy atom. The van der Waals surface area contributed by atoms with E-state index in [1.165, 1.54) is 4.68 Å². The molecule has 0 spiro atoms. The molecule has 1 N–H and O–H groups in total. The summed E-state index contributed by atoms with van der Waals surface area (Å²) < 4.78 is 6.79. The van der Waals surface area contributed by atoms with Crippen LogP contribution in [0.3, 0.4) is 0 Å². The minimum atomic E-state index is -0.887. The molecule has 0 aliphatic heterocycles. The minimum absolute atomic E-state index is 0.00444. The molecule has 0 amide bonds. The lowest BCUT2D eigenvalue weighted by molar-refractivity contribution is 0.0178. The quantitative estimate of drug-likeness (QED) is 0.478. The van der Waals surface area contributed by atoms with Crippen LogP contribution in [0.25, 0.3) is 22.5 Å². The normalized spacial score (nSPS) is 11.9. The van der Waals surface area contributed by atoms with Crippen molar-refractivity contribution in [2.24, 2.45) is 0 Å². The van der Waals surface area contributed by atoms with Crippen molar-refractivity contribution < 1.29 is 9.84 Å². The van der Waals surface area contributed by atoms with Crippen molar-refractivity contribution in [3.8, 4) is 22.5 Å². The molecular formula is C25H23N3O3. The van der Waals surface area contributed by atoms with Gasteiger partial charge in [0.15, 0.2) is 0 Å². The maximum Gasteiger partial charge on any atom is 0.364 e. The minimum Gasteiger partial charge on any atom is -0.389 e. The van der Waals surface area contributed by atoms with Crippen LogP contribution in [0.2, 0.25) is 0 Å². The van der Waals surface area contributed by atoms with Crippen molar-refractivity contribution >= 4 is 0 Å². The van der Waals surface area contributed by atoms with Crippen LogP contribution in [0.15, 0.2) is 95.8 Å². The number of hydrogen-bond acceptors (Lipinski definition) is 5. The summed E-state index contributed by atoms with van der Waals surface area (Å²) in [5.41, 5.74) is 3.26. The summed E-state index contributed by atoms with van der Waals surface area (Å²) in [4.78, 5) is 17.0. The van der Waals surface area contributed by atoms with Gasteiger partial charge in [-0.15, -0.1) is 0 Å². The molecule has 156 valence electrons. The van der Waals surface area contributed by atoms with E-state index in [1.54, 1.807) is 0 Å². The van der Waals surface area contributed by atoms with Crippen LogP contribution in [0.4, 0.5) is 0 Å². The maximum atomic E-state index is 12.7. The average molecular weight is 413 g/mol. The Morgan fingerprint density at radius 1 is 0.806 bits per heavy atom. The van der Waals surface area contributed by atoms with E-state index in [1.807, 2.05) is 91.0 Å². The zero-order chi connectivity index (χ0) is 21.5. The fourth-order valence-corrected chi connectivity index (χ4v) is 3.26. The lowest BCUT2D eigenvalue weighted by atomic mass is 10.0. The predicted octanol–water partition coefficient (Wildman–Crippen LogP) is 3.55. The second-order valence-corrected chi connectivity index (χ2v) is 7.16. The molecule has 6 heteroatoms. The molecule has 4 rings (SSSR count). The lowest BCUT2D eigenvalue weighted by Gasteiger charge is -2.15. The number of aromatic nitrogens is 3. The summed E-state index contributed by atoms with van der Waals surface area (Å²) in [5.74, 6) is 0. The molecule has 0 bridgehead atoms. The standard InChI is InChI=1S/C25H23N3O3/c29-22(18-31-17-19-10-4-1-5-11-19)16-28-25(30)26-23(20-12-6-2-7-13-20)24(27-28)21-14-8-3-9-15-21/h1-15,22,29H,16-18H2. The Balaban J connectivity index is 1.56. The first kappa shape index (κ1) is 20.7. The van der Waals surface area contributed by atoms with Crippen molar-refractivity contribution in [1.29, 1.82) is 0 Å². The van der Waals surface area contributed by atoms with Gasteiger partial charge >= 0.3 is 5.69 Å². The van der Waals surface area contributed by atoms with Crippen molar-refractivity contribution in [3.63, 3.8) is 0 Å². The third kappa shape index (κ3) is 5.31. The zero-order valence-corrected chi connectivity index (χ0v) is 17.0. The first-order chi connectivity index (χ1) is 15.2. The Kier molecular flexibility index (Phi) is 6.62. The lowest BCUT2D eigenvalue weighted by Crippen LogP contribution is -2.33. The molecule has 6 nitrogen and oxygen atoms in total. The smallest absolute Gasteiger partial charge is 0.364 e. The Hall–Kier alpha value is -3.61. The van der Waals surface area contributed by atoms with Gasteiger partial charge in [-0.2, -0.15) is 10.1 Å². The number of rotatable bonds is 8. The summed E-state index contributed by atoms with van der Waals surface area (Å²) in [6.07, 6.45) is -0.887. The van der Waals surface area contributed by atoms with E-state index >= 15 is 0 Å². The van der Waals surface area contributed by atoms with Crippen molar-refractivity contribution in [1.82, 2.24) is 14.8 Å². The summed E-state index contributed by atoms with van der Waals surface area (Å²) in [7, 11) is 0. The number of ether oxygens (including phenoxy) is 1. The highest BCUT2D eigenvalue weighted by Gasteiger charge is 2.16. The second kappa shape index (κ2) is 9.93. The van der Waals surface area contributed by atoms with Gasteiger partial charge in [-0.25, -0.2) is 9.48 Å². The van der Waals surface area contributed by atoms with Crippen LogP contribution < -0.4 is 5.69 Å². The van der Waals surface area contributed by atoms with E-state index in [0.29, 0.717) is 18.0 Å². The average Bonchev–Trinajstić information content (AvgIpc) is 2.82. The molecule has 1 atom stereocenters. The monoisotopic (exact) mass is 413 g/mol. The third-order valence-electron chi connectivity index (χ3n) is 4.77. The first-order valence-corrected chi connectivity index (χ1v) is 10.1. The summed E-state index contributed by atoms with van der Waals surface area (Å²) in [6.45, 7) is 0.473. The zero-order valence-electron chi connectivity index (χ0n) is 17.0. The summed E-state index contributed by atoms with van der Waals surface area (Å²) in [6, 6.07) is 28.8. The molecule has 0 saturated heterocycles. The van der Waals surface area contributed by atoms with E-state index in [0.717, 1.165) is 16.7 Å². The summed E-state index contributed by atoms with van der Waals surface area (Å²) >= 11 is 0. The number of aliphatic hydroxyl groups excluding tert-OH is 1. The highest BCUT2D eigenvalue weighted by molar-refractivity contribution is 5.77. The van der Waals surface area contributed by atoms with Crippen LogP contribution >= 0.6 is 0 Å². The van der Waals surface area contributed by atoms with E-state index in [2.05, 4.69) is 10.1 Å². The Morgan fingerprint density at radius 3 is 1.97 bits per heavy atom. The van der Waals surface area contributed by atoms with Crippen LogP contribution in [-0.4, -0.2) is 32.6 Å². The molecule has 0 aliphatic rings. The Labute approximate surface area is 180 Å². The molecule has 0 radical (unpaired) electrons. The molecule has 0 fully saturated rings. The molecule has 4 aromatic rings. The van der Waals surface area contributed by atoms with Gasteiger partial charge in [-0.1, -0.05) is 91.0 Å². The topological polar surface area (TPSA) is 77.2 Å². The van der Waals surface area contributed by atoms with E-state index in [-0.39, 0.29) is 13.2 Å². The first-order valence-electron chi connectivity index (χ1n) is 10.1. The number of hydrogen-bond donors (Lipinski definition) is 1. The number of aliphatic hydroxyl groups is 1. The van der Waals surface area contributed by atoms with Gasteiger partial charge in [0.1, 0.15) is 11.4 Å². The van der Waals surface area contributed by atoms with Crippen molar-refractivity contribution in [3.05, 3.63) is 107 Å². The van der Waals surface area contributed by atoms with Gasteiger partial charge in [-0.05, 0) is 5.56 Å². The predicted molar refractivity (Wildman–Crippen MR) is 119 cm³/mol. The third-order valence-corrected chi connectivity index (χ3v) is 4.77. The fraction of sp³-hybridized carbons (Fsp3) is 0.160. The van der Waals surface area contributed by atoms with Crippen LogP contribution in [0.1, 0.15) is 5.56 Å². The molecule has 0 aliphatic carbocycles. The summed E-state index contributed by atoms with van der Waals surface area (Å²) in [5, 5.41) is 15.0. The maximum absolute atomic E-state index is 12.7. The highest BCUT2D eigenvalue weighted by atomic mass is 16.5. The molecule has 3 aromatic carbocycles. The second-order valence-electron chi connectivity index (χ2n) is 7.16. The van der Waals surface area contributed by atoms with Gasteiger partial charge in [0.2, 0.25) is 0 Å². The van der Waals surface area contributed by atoms with Gasteiger partial charge < -0.3 is 9.84 Å². The van der Waals surface area contributed by atoms with Gasteiger partial charge in [0, 0.05) is 11.1 Å². The molecule has 31 heavy (non-hydrogen) atoms. The number of nitrogens with zero attached hydrogens (tertiary/aromatic N) is 3. The van der Waals surface area contributed by atoms with E-state index < -0.39 is 11.8 Å². The number of benzene rings is 3. The molecule has 1 heterocycles. The SMILES string of the molecule is O=c1nc(-c2ccccc2)c(-c2ccccc2)nn1CC(O)COCc1ccccc1. The van der Waals surface area contributed by atoms with Crippen LogP contribution in [-0.2, 0) is 17.9 Å². The fourth-order valence-electron chi connectivity index (χ4n) is 3.26. The van der Waals surface area contributed by atoms with Crippen LogP contribution in [0.5, 0.6) is 0 Å². The molecule has 0 saturated carbocycles. The highest BCUT2D eigenvalue weighted by Crippen LogP contribution is 2.27. The largest absolute Gasteiger partial charge is 0.389 e. The molecule has 1 unspecified atom stereocenters. The molecular weight excluding hydrogens is 390 g/mol. The van der Waals surface area contributed by atoms with Crippen molar-refractivity contribution in [2.45, 2.75) is 19.3 Å². The van der Waals surface area contributed by atoms with Crippen LogP contribution in [0, 0.1) is 0 Å². The molecule has 1 aromatic heterocycles. The van der Waals surface area contributed by atoms with Gasteiger partial charge in [-0.3, -0.25) is 0 Å². The Bertz CT molecular complexity index is 1160. The van der Waals surface area contributed by atoms with Gasteiger partial charge in [0.05, 0.1) is 25.9 Å². The van der Waals surface area contributed by atoms with E-state index in [4.69, 9.17) is 4.74 Å². The van der Waals surface area contributed by atoms with E-state index in [9.17, 15) is 9.90 Å². The van der Waals surface area contributed by atoms with Crippen molar-refractivity contribution in [2.75, 3.05) is 6.61 Å². The van der Waals surface area contributed by atoms with Gasteiger partial charge in [0.25, 0.3) is 0 Å².